The number of hydrogen-bond acceptors (Lipinski definition) is 1. The molecule has 0 aromatic rings. The van der Waals surface area contributed by atoms with Crippen LogP contribution >= 0.6 is 0 Å². The Labute approximate surface area is 71.6 Å². The van der Waals surface area contributed by atoms with Gasteiger partial charge in [-0.2, -0.15) is 0 Å². The van der Waals surface area contributed by atoms with Crippen LogP contribution in [-0.4, -0.2) is 11.6 Å². The second-order valence-electron chi connectivity index (χ2n) is 4.33. The summed E-state index contributed by atoms with van der Waals surface area (Å²) in [5.74, 6) is 0.691. The van der Waals surface area contributed by atoms with E-state index in [1.54, 1.807) is 0 Å². The van der Waals surface area contributed by atoms with Crippen molar-refractivity contribution < 1.29 is 0 Å². The fraction of sp³-hybridized carbons (Fsp3) is 1.00. The molecule has 0 heterocycles. The van der Waals surface area contributed by atoms with Crippen LogP contribution in [0.1, 0.15) is 48.0 Å². The fourth-order valence-corrected chi connectivity index (χ4v) is 0.904. The summed E-state index contributed by atoms with van der Waals surface area (Å²) >= 11 is 0. The van der Waals surface area contributed by atoms with E-state index in [-0.39, 0.29) is 5.54 Å². The molecule has 0 aromatic heterocycles. The molecule has 0 aliphatic heterocycles. The topological polar surface area (TPSA) is 12.0 Å². The molecule has 0 bridgehead atoms. The summed E-state index contributed by atoms with van der Waals surface area (Å²) in [4.78, 5) is 0. The van der Waals surface area contributed by atoms with Crippen LogP contribution in [0.25, 0.3) is 0 Å². The molecule has 0 rings (SSSR count). The van der Waals surface area contributed by atoms with Gasteiger partial charge in [0.15, 0.2) is 0 Å². The summed E-state index contributed by atoms with van der Waals surface area (Å²) in [7, 11) is 0. The molecule has 1 N–H and O–H groups in total. The highest BCUT2D eigenvalue weighted by Crippen LogP contribution is 2.16. The summed E-state index contributed by atoms with van der Waals surface area (Å²) in [5, 5.41) is 3.61. The van der Waals surface area contributed by atoms with E-state index in [0.29, 0.717) is 12.0 Å². The van der Waals surface area contributed by atoms with Crippen LogP contribution < -0.4 is 5.32 Å². The van der Waals surface area contributed by atoms with Gasteiger partial charge in [-0.05, 0) is 33.1 Å². The molecule has 11 heavy (non-hydrogen) atoms. The number of nitrogens with one attached hydrogen (secondary N) is 1. The van der Waals surface area contributed by atoms with Gasteiger partial charge in [-0.15, -0.1) is 0 Å². The molecule has 0 saturated carbocycles. The summed E-state index contributed by atoms with van der Waals surface area (Å²) < 4.78 is 0. The summed E-state index contributed by atoms with van der Waals surface area (Å²) in [6.07, 6.45) is 1.20. The highest BCUT2D eigenvalue weighted by Gasteiger charge is 2.22. The van der Waals surface area contributed by atoms with E-state index in [1.807, 2.05) is 0 Å². The lowest BCUT2D eigenvalue weighted by Gasteiger charge is -2.33. The number of rotatable bonds is 4. The van der Waals surface area contributed by atoms with Crippen molar-refractivity contribution in [2.24, 2.45) is 5.92 Å². The highest BCUT2D eigenvalue weighted by atomic mass is 15.0. The van der Waals surface area contributed by atoms with Crippen LogP contribution in [-0.2, 0) is 0 Å². The standard InChI is InChI=1S/C10H23N/c1-7-9(4)11-10(5,6)8(2)3/h8-9,11H,7H2,1-6H3/t9-/m1/s1. The minimum Gasteiger partial charge on any atom is -0.309 e. The van der Waals surface area contributed by atoms with E-state index in [4.69, 9.17) is 0 Å². The maximum absolute atomic E-state index is 3.61. The Hall–Kier alpha value is -0.0400. The molecular weight excluding hydrogens is 134 g/mol. The molecule has 1 heteroatoms. The van der Waals surface area contributed by atoms with Crippen molar-refractivity contribution in [2.75, 3.05) is 0 Å². The second kappa shape index (κ2) is 4.10. The van der Waals surface area contributed by atoms with E-state index < -0.39 is 0 Å². The van der Waals surface area contributed by atoms with Gasteiger partial charge < -0.3 is 5.32 Å². The van der Waals surface area contributed by atoms with Crippen LogP contribution in [0.2, 0.25) is 0 Å². The summed E-state index contributed by atoms with van der Waals surface area (Å²) in [6, 6.07) is 0.632. The molecule has 0 saturated heterocycles. The molecule has 0 radical (unpaired) electrons. The van der Waals surface area contributed by atoms with Crippen molar-refractivity contribution in [3.05, 3.63) is 0 Å². The Balaban J connectivity index is 3.90. The molecule has 68 valence electrons. The maximum Gasteiger partial charge on any atom is 0.0150 e. The molecular formula is C10H23N. The minimum atomic E-state index is 0.273. The van der Waals surface area contributed by atoms with E-state index in [0.717, 1.165) is 0 Å². The zero-order valence-electron chi connectivity index (χ0n) is 8.86. The highest BCUT2D eigenvalue weighted by molar-refractivity contribution is 4.82. The first kappa shape index (κ1) is 11.0. The molecule has 0 aliphatic carbocycles. The third-order valence-corrected chi connectivity index (χ3v) is 2.67. The van der Waals surface area contributed by atoms with Gasteiger partial charge in [0, 0.05) is 11.6 Å². The van der Waals surface area contributed by atoms with Crippen molar-refractivity contribution in [1.82, 2.24) is 5.32 Å². The fourth-order valence-electron chi connectivity index (χ4n) is 0.904. The molecule has 0 unspecified atom stereocenters. The van der Waals surface area contributed by atoms with E-state index in [2.05, 4.69) is 46.9 Å². The quantitative estimate of drug-likeness (QED) is 0.661. The Kier molecular flexibility index (Phi) is 4.09. The lowest BCUT2D eigenvalue weighted by atomic mass is 9.90. The van der Waals surface area contributed by atoms with Crippen molar-refractivity contribution in [1.29, 1.82) is 0 Å². The maximum atomic E-state index is 3.61. The average Bonchev–Trinajstić information content (AvgIpc) is 1.86. The van der Waals surface area contributed by atoms with Crippen LogP contribution in [0.4, 0.5) is 0 Å². The second-order valence-corrected chi connectivity index (χ2v) is 4.33. The van der Waals surface area contributed by atoms with Crippen molar-refractivity contribution >= 4 is 0 Å². The zero-order valence-corrected chi connectivity index (χ0v) is 8.86. The molecule has 0 amide bonds. The minimum absolute atomic E-state index is 0.273. The first-order valence-electron chi connectivity index (χ1n) is 4.67. The molecule has 0 aliphatic rings. The summed E-state index contributed by atoms with van der Waals surface area (Å²) in [5.41, 5.74) is 0.273. The average molecular weight is 157 g/mol. The zero-order chi connectivity index (χ0) is 9.07. The van der Waals surface area contributed by atoms with Gasteiger partial charge in [0.2, 0.25) is 0 Å². The Morgan fingerprint density at radius 3 is 1.91 bits per heavy atom. The predicted octanol–water partition coefficient (Wildman–Crippen LogP) is 2.81. The van der Waals surface area contributed by atoms with Gasteiger partial charge in [-0.25, -0.2) is 0 Å². The van der Waals surface area contributed by atoms with Crippen molar-refractivity contribution in [3.63, 3.8) is 0 Å². The van der Waals surface area contributed by atoms with Gasteiger partial charge in [-0.3, -0.25) is 0 Å². The van der Waals surface area contributed by atoms with Crippen molar-refractivity contribution in [2.45, 2.75) is 59.5 Å². The van der Waals surface area contributed by atoms with Gasteiger partial charge in [0.05, 0.1) is 0 Å². The molecule has 0 aromatic carbocycles. The smallest absolute Gasteiger partial charge is 0.0150 e. The monoisotopic (exact) mass is 157 g/mol. The van der Waals surface area contributed by atoms with Gasteiger partial charge >= 0.3 is 0 Å². The summed E-state index contributed by atoms with van der Waals surface area (Å²) in [6.45, 7) is 13.5. The normalized spacial score (nSPS) is 15.5. The van der Waals surface area contributed by atoms with Crippen LogP contribution in [0.3, 0.4) is 0 Å². The van der Waals surface area contributed by atoms with E-state index >= 15 is 0 Å². The molecule has 1 nitrogen and oxygen atoms in total. The van der Waals surface area contributed by atoms with E-state index in [9.17, 15) is 0 Å². The Bertz CT molecular complexity index is 105. The predicted molar refractivity (Wildman–Crippen MR) is 51.8 cm³/mol. The van der Waals surface area contributed by atoms with Crippen LogP contribution in [0, 0.1) is 5.92 Å². The molecule has 0 spiro atoms. The van der Waals surface area contributed by atoms with Crippen LogP contribution in [0.5, 0.6) is 0 Å². The van der Waals surface area contributed by atoms with E-state index in [1.165, 1.54) is 6.42 Å². The Morgan fingerprint density at radius 1 is 1.18 bits per heavy atom. The van der Waals surface area contributed by atoms with Gasteiger partial charge in [0.25, 0.3) is 0 Å². The largest absolute Gasteiger partial charge is 0.309 e. The van der Waals surface area contributed by atoms with Crippen LogP contribution in [0.15, 0.2) is 0 Å². The molecule has 0 fully saturated rings. The first-order chi connectivity index (χ1) is 4.90. The third-order valence-electron chi connectivity index (χ3n) is 2.67. The first-order valence-corrected chi connectivity index (χ1v) is 4.67. The van der Waals surface area contributed by atoms with Gasteiger partial charge in [-0.1, -0.05) is 20.8 Å². The Morgan fingerprint density at radius 2 is 1.64 bits per heavy atom. The number of hydrogen-bond donors (Lipinski definition) is 1. The SMILES string of the molecule is CC[C@@H](C)NC(C)(C)C(C)C. The third kappa shape index (κ3) is 3.76. The molecule has 1 atom stereocenters. The van der Waals surface area contributed by atoms with Gasteiger partial charge in [0.1, 0.15) is 0 Å². The van der Waals surface area contributed by atoms with Crippen molar-refractivity contribution in [3.8, 4) is 0 Å². The lowest BCUT2D eigenvalue weighted by Crippen LogP contribution is -2.48. The lowest BCUT2D eigenvalue weighted by molar-refractivity contribution is 0.258.